The Morgan fingerprint density at radius 3 is 2.74 bits per heavy atom. The summed E-state index contributed by atoms with van der Waals surface area (Å²) in [4.78, 5) is 15.6. The lowest BCUT2D eigenvalue weighted by Crippen LogP contribution is -2.16. The van der Waals surface area contributed by atoms with E-state index >= 15 is 0 Å². The number of fused-ring (bicyclic) bond motifs is 1. The molecule has 132 valence electrons. The summed E-state index contributed by atoms with van der Waals surface area (Å²) in [5.41, 5.74) is 4.64. The van der Waals surface area contributed by atoms with E-state index in [0.717, 1.165) is 28.0 Å². The zero-order valence-electron chi connectivity index (χ0n) is 14.9. The van der Waals surface area contributed by atoms with Crippen LogP contribution < -0.4 is 10.9 Å². The van der Waals surface area contributed by atoms with Crippen molar-refractivity contribution < 1.29 is 0 Å². The highest BCUT2D eigenvalue weighted by Gasteiger charge is 2.12. The minimum Gasteiger partial charge on any atom is -0.381 e. The van der Waals surface area contributed by atoms with Crippen LogP contribution in [0.2, 0.25) is 0 Å². The average Bonchev–Trinajstić information content (AvgIpc) is 3.02. The Hall–Kier alpha value is -3.78. The van der Waals surface area contributed by atoms with Crippen LogP contribution >= 0.6 is 0 Å². The number of hydrogen-bond donors (Lipinski definition) is 2. The van der Waals surface area contributed by atoms with Crippen LogP contribution in [0.25, 0.3) is 16.7 Å². The molecule has 0 radical (unpaired) electrons. The van der Waals surface area contributed by atoms with Crippen molar-refractivity contribution in [3.63, 3.8) is 0 Å². The number of H-pyrrole nitrogens is 1. The zero-order chi connectivity index (χ0) is 18.8. The molecule has 2 N–H and O–H groups in total. The topological polar surface area (TPSA) is 62.7 Å². The van der Waals surface area contributed by atoms with Gasteiger partial charge in [0.1, 0.15) is 5.65 Å². The lowest BCUT2D eigenvalue weighted by Gasteiger charge is -2.07. The Morgan fingerprint density at radius 2 is 1.96 bits per heavy atom. The van der Waals surface area contributed by atoms with E-state index < -0.39 is 0 Å². The van der Waals surface area contributed by atoms with Gasteiger partial charge in [0.25, 0.3) is 5.56 Å². The van der Waals surface area contributed by atoms with Crippen LogP contribution in [0.3, 0.4) is 0 Å². The number of nitrogens with zero attached hydrogens (tertiary/aromatic N) is 2. The number of anilines is 1. The maximum absolute atomic E-state index is 12.6. The first-order chi connectivity index (χ1) is 13.2. The Morgan fingerprint density at radius 1 is 1.15 bits per heavy atom. The van der Waals surface area contributed by atoms with Crippen LogP contribution in [0.5, 0.6) is 0 Å². The number of benzene rings is 2. The summed E-state index contributed by atoms with van der Waals surface area (Å²) < 4.78 is 1.76. The number of aromatic amines is 1. The molecule has 0 amide bonds. The number of aromatic nitrogens is 3. The summed E-state index contributed by atoms with van der Waals surface area (Å²) in [5, 5.41) is 8.77. The molecule has 2 aromatic carbocycles. The molecule has 0 aliphatic carbocycles. The average molecular weight is 354 g/mol. The lowest BCUT2D eigenvalue weighted by molar-refractivity contribution is 0.874. The summed E-state index contributed by atoms with van der Waals surface area (Å²) in [6.45, 7) is 2.34. The molecule has 5 nitrogen and oxygen atoms in total. The fraction of sp³-hybridized carbons (Fsp3) is 0.0909. The maximum Gasteiger partial charge on any atom is 0.254 e. The second-order valence-corrected chi connectivity index (χ2v) is 6.30. The molecule has 27 heavy (non-hydrogen) atoms. The van der Waals surface area contributed by atoms with Crippen LogP contribution in [0.4, 0.5) is 5.69 Å². The Balaban J connectivity index is 1.69. The molecule has 0 spiro atoms. The summed E-state index contributed by atoms with van der Waals surface area (Å²) in [7, 11) is 0. The number of para-hydroxylation sites is 1. The predicted molar refractivity (Wildman–Crippen MR) is 108 cm³/mol. The lowest BCUT2D eigenvalue weighted by atomic mass is 10.2. The summed E-state index contributed by atoms with van der Waals surface area (Å²) in [6.07, 6.45) is 5.44. The van der Waals surface area contributed by atoms with Crippen LogP contribution in [0.15, 0.2) is 65.5 Å². The molecular weight excluding hydrogens is 336 g/mol. The van der Waals surface area contributed by atoms with Gasteiger partial charge in [-0.2, -0.15) is 5.10 Å². The molecule has 4 rings (SSSR count). The van der Waals surface area contributed by atoms with Crippen molar-refractivity contribution in [2.24, 2.45) is 0 Å². The smallest absolute Gasteiger partial charge is 0.254 e. The third-order valence-electron chi connectivity index (χ3n) is 4.46. The molecule has 0 fully saturated rings. The van der Waals surface area contributed by atoms with E-state index in [-0.39, 0.29) is 5.56 Å². The molecule has 0 bridgehead atoms. The number of pyridine rings is 1. The van der Waals surface area contributed by atoms with Gasteiger partial charge in [0.15, 0.2) is 0 Å². The van der Waals surface area contributed by atoms with Gasteiger partial charge < -0.3 is 10.3 Å². The van der Waals surface area contributed by atoms with E-state index in [1.165, 1.54) is 0 Å². The first kappa shape index (κ1) is 16.7. The fourth-order valence-electron chi connectivity index (χ4n) is 3.06. The van der Waals surface area contributed by atoms with Gasteiger partial charge in [-0.25, -0.2) is 4.68 Å². The zero-order valence-corrected chi connectivity index (χ0v) is 14.9. The molecule has 0 saturated heterocycles. The minimum absolute atomic E-state index is 0.139. The molecule has 0 unspecified atom stereocenters. The SMILES string of the molecule is C#Cc1cccc(NCc2cc3c(C)nn(-c4ccccc4)c3[nH]c2=O)c1. The van der Waals surface area contributed by atoms with Gasteiger partial charge in [0.2, 0.25) is 0 Å². The number of terminal acetylenes is 1. The highest BCUT2D eigenvalue weighted by atomic mass is 16.1. The van der Waals surface area contributed by atoms with Gasteiger partial charge in [-0.1, -0.05) is 30.2 Å². The van der Waals surface area contributed by atoms with E-state index in [1.54, 1.807) is 4.68 Å². The van der Waals surface area contributed by atoms with Gasteiger partial charge in [0, 0.05) is 28.7 Å². The van der Waals surface area contributed by atoms with Crippen LogP contribution in [-0.2, 0) is 6.54 Å². The van der Waals surface area contributed by atoms with Crippen molar-refractivity contribution in [3.8, 4) is 18.0 Å². The predicted octanol–water partition coefficient (Wildman–Crippen LogP) is 3.62. The fourth-order valence-corrected chi connectivity index (χ4v) is 3.06. The van der Waals surface area contributed by atoms with Gasteiger partial charge >= 0.3 is 0 Å². The quantitative estimate of drug-likeness (QED) is 0.550. The molecule has 0 aliphatic rings. The van der Waals surface area contributed by atoms with Gasteiger partial charge in [-0.15, -0.1) is 6.42 Å². The summed E-state index contributed by atoms with van der Waals surface area (Å²) >= 11 is 0. The van der Waals surface area contributed by atoms with Crippen molar-refractivity contribution in [1.82, 2.24) is 14.8 Å². The second-order valence-electron chi connectivity index (χ2n) is 6.30. The van der Waals surface area contributed by atoms with Crippen LogP contribution in [-0.4, -0.2) is 14.8 Å². The number of rotatable bonds is 4. The normalized spacial score (nSPS) is 10.7. The summed E-state index contributed by atoms with van der Waals surface area (Å²) in [5.74, 6) is 2.61. The van der Waals surface area contributed by atoms with Crippen molar-refractivity contribution in [2.45, 2.75) is 13.5 Å². The second kappa shape index (κ2) is 6.85. The van der Waals surface area contributed by atoms with E-state index in [4.69, 9.17) is 6.42 Å². The van der Waals surface area contributed by atoms with Crippen molar-refractivity contribution in [3.05, 3.63) is 87.8 Å². The van der Waals surface area contributed by atoms with E-state index in [9.17, 15) is 4.79 Å². The molecule has 4 aromatic rings. The molecule has 2 aromatic heterocycles. The Bertz CT molecular complexity index is 1210. The Labute approximate surface area is 156 Å². The standard InChI is InChI=1S/C22H18N4O/c1-3-16-8-7-9-18(12-16)23-14-17-13-20-15(2)25-26(21(20)24-22(17)27)19-10-5-4-6-11-19/h1,4-13,23H,14H2,2H3,(H,24,27). The van der Waals surface area contributed by atoms with Gasteiger partial charge in [-0.05, 0) is 43.3 Å². The minimum atomic E-state index is -0.139. The number of hydrogen-bond acceptors (Lipinski definition) is 3. The number of aryl methyl sites for hydroxylation is 1. The van der Waals surface area contributed by atoms with Crippen molar-refractivity contribution in [2.75, 3.05) is 5.32 Å². The molecule has 0 atom stereocenters. The molecule has 0 aliphatic heterocycles. The maximum atomic E-state index is 12.6. The molecule has 0 saturated carbocycles. The van der Waals surface area contributed by atoms with Crippen molar-refractivity contribution >= 4 is 16.7 Å². The van der Waals surface area contributed by atoms with Gasteiger partial charge in [0.05, 0.1) is 11.4 Å². The molecule has 2 heterocycles. The largest absolute Gasteiger partial charge is 0.381 e. The first-order valence-corrected chi connectivity index (χ1v) is 8.63. The number of nitrogens with one attached hydrogen (secondary N) is 2. The highest BCUT2D eigenvalue weighted by Crippen LogP contribution is 2.20. The molecular formula is C22H18N4O. The van der Waals surface area contributed by atoms with Crippen LogP contribution in [0, 0.1) is 19.3 Å². The monoisotopic (exact) mass is 354 g/mol. The van der Waals surface area contributed by atoms with E-state index in [2.05, 4.69) is 21.3 Å². The third kappa shape index (κ3) is 3.21. The molecule has 5 heteroatoms. The van der Waals surface area contributed by atoms with E-state index in [1.807, 2.05) is 67.6 Å². The van der Waals surface area contributed by atoms with Crippen molar-refractivity contribution in [1.29, 1.82) is 0 Å². The highest BCUT2D eigenvalue weighted by molar-refractivity contribution is 5.80. The van der Waals surface area contributed by atoms with Gasteiger partial charge in [-0.3, -0.25) is 4.79 Å². The first-order valence-electron chi connectivity index (χ1n) is 8.63. The summed E-state index contributed by atoms with van der Waals surface area (Å²) in [6, 6.07) is 19.2. The van der Waals surface area contributed by atoms with E-state index in [0.29, 0.717) is 17.8 Å². The Kier molecular flexibility index (Phi) is 4.23. The van der Waals surface area contributed by atoms with Crippen LogP contribution in [0.1, 0.15) is 16.8 Å². The third-order valence-corrected chi connectivity index (χ3v) is 4.46.